The quantitative estimate of drug-likeness (QED) is 0.753. The van der Waals surface area contributed by atoms with Crippen LogP contribution in [0.5, 0.6) is 5.75 Å². The van der Waals surface area contributed by atoms with Gasteiger partial charge in [-0.15, -0.1) is 0 Å². The van der Waals surface area contributed by atoms with Gasteiger partial charge in [0.1, 0.15) is 25.0 Å². The Labute approximate surface area is 87.5 Å². The van der Waals surface area contributed by atoms with Crippen molar-refractivity contribution in [1.29, 1.82) is 0 Å². The molecule has 0 amide bonds. The van der Waals surface area contributed by atoms with Crippen molar-refractivity contribution in [3.8, 4) is 5.75 Å². The SMILES string of the molecule is Nc1ccc(OCCn2cncn2)cc1. The predicted molar refractivity (Wildman–Crippen MR) is 56.4 cm³/mol. The van der Waals surface area contributed by atoms with E-state index in [0.29, 0.717) is 13.2 Å². The molecule has 5 nitrogen and oxygen atoms in total. The molecule has 0 saturated carbocycles. The van der Waals surface area contributed by atoms with E-state index < -0.39 is 0 Å². The van der Waals surface area contributed by atoms with E-state index in [4.69, 9.17) is 10.5 Å². The molecule has 78 valence electrons. The van der Waals surface area contributed by atoms with Gasteiger partial charge >= 0.3 is 0 Å². The number of rotatable bonds is 4. The van der Waals surface area contributed by atoms with Gasteiger partial charge in [-0.3, -0.25) is 0 Å². The van der Waals surface area contributed by atoms with Crippen LogP contribution in [0.2, 0.25) is 0 Å². The minimum Gasteiger partial charge on any atom is -0.492 e. The number of benzene rings is 1. The van der Waals surface area contributed by atoms with Crippen LogP contribution in [0.15, 0.2) is 36.9 Å². The fourth-order valence-corrected chi connectivity index (χ4v) is 1.17. The molecule has 2 aromatic rings. The average molecular weight is 204 g/mol. The number of anilines is 1. The summed E-state index contributed by atoms with van der Waals surface area (Å²) in [6.45, 7) is 1.25. The standard InChI is InChI=1S/C10H12N4O/c11-9-1-3-10(4-2-9)15-6-5-14-8-12-7-13-14/h1-4,7-8H,5-6,11H2. The molecule has 0 saturated heterocycles. The molecule has 2 rings (SSSR count). The molecular weight excluding hydrogens is 192 g/mol. The first-order chi connectivity index (χ1) is 7.34. The number of ether oxygens (including phenoxy) is 1. The van der Waals surface area contributed by atoms with E-state index in [1.54, 1.807) is 11.0 Å². The van der Waals surface area contributed by atoms with E-state index in [-0.39, 0.29) is 0 Å². The van der Waals surface area contributed by atoms with Gasteiger partial charge in [-0.2, -0.15) is 5.10 Å². The van der Waals surface area contributed by atoms with Crippen LogP contribution in [-0.2, 0) is 6.54 Å². The molecule has 5 heteroatoms. The van der Waals surface area contributed by atoms with Crippen LogP contribution in [0.3, 0.4) is 0 Å². The van der Waals surface area contributed by atoms with E-state index in [2.05, 4.69) is 10.1 Å². The van der Waals surface area contributed by atoms with E-state index >= 15 is 0 Å². The lowest BCUT2D eigenvalue weighted by Gasteiger charge is -2.05. The zero-order valence-corrected chi connectivity index (χ0v) is 8.21. The van der Waals surface area contributed by atoms with Gasteiger partial charge in [0.05, 0.1) is 6.54 Å². The molecule has 0 aliphatic carbocycles. The monoisotopic (exact) mass is 204 g/mol. The number of hydrogen-bond donors (Lipinski definition) is 1. The summed E-state index contributed by atoms with van der Waals surface area (Å²) in [4.78, 5) is 3.84. The normalized spacial score (nSPS) is 10.1. The lowest BCUT2D eigenvalue weighted by Crippen LogP contribution is -2.08. The minimum absolute atomic E-state index is 0.563. The van der Waals surface area contributed by atoms with Gasteiger partial charge in [0.2, 0.25) is 0 Å². The molecule has 1 aromatic carbocycles. The molecule has 1 heterocycles. The van der Waals surface area contributed by atoms with Crippen LogP contribution in [0.25, 0.3) is 0 Å². The van der Waals surface area contributed by atoms with Crippen LogP contribution in [0.4, 0.5) is 5.69 Å². The van der Waals surface area contributed by atoms with Crippen LogP contribution < -0.4 is 10.5 Å². The third kappa shape index (κ3) is 2.70. The van der Waals surface area contributed by atoms with Gasteiger partial charge in [-0.05, 0) is 24.3 Å². The molecule has 0 atom stereocenters. The summed E-state index contributed by atoms with van der Waals surface area (Å²) in [5, 5.41) is 3.97. The largest absolute Gasteiger partial charge is 0.492 e. The molecule has 0 aliphatic rings. The maximum atomic E-state index is 5.55. The summed E-state index contributed by atoms with van der Waals surface area (Å²) in [6.07, 6.45) is 3.16. The molecule has 0 aliphatic heterocycles. The first-order valence-corrected chi connectivity index (χ1v) is 4.65. The number of nitrogen functional groups attached to an aromatic ring is 1. The van der Waals surface area contributed by atoms with Crippen LogP contribution in [0, 0.1) is 0 Å². The number of nitrogens with zero attached hydrogens (tertiary/aromatic N) is 3. The summed E-state index contributed by atoms with van der Waals surface area (Å²) in [6, 6.07) is 7.31. The predicted octanol–water partition coefficient (Wildman–Crippen LogP) is 0.939. The van der Waals surface area contributed by atoms with E-state index in [1.807, 2.05) is 24.3 Å². The fraction of sp³-hybridized carbons (Fsp3) is 0.200. The van der Waals surface area contributed by atoms with Crippen molar-refractivity contribution >= 4 is 5.69 Å². The Balaban J connectivity index is 1.81. The topological polar surface area (TPSA) is 66.0 Å². The van der Waals surface area contributed by atoms with Crippen molar-refractivity contribution in [2.45, 2.75) is 6.54 Å². The molecular formula is C10H12N4O. The Bertz CT molecular complexity index is 396. The van der Waals surface area contributed by atoms with Gasteiger partial charge < -0.3 is 10.5 Å². The number of aromatic nitrogens is 3. The van der Waals surface area contributed by atoms with Crippen molar-refractivity contribution in [3.63, 3.8) is 0 Å². The average Bonchev–Trinajstić information content (AvgIpc) is 2.74. The van der Waals surface area contributed by atoms with Gasteiger partial charge in [0.15, 0.2) is 0 Å². The third-order valence-electron chi connectivity index (χ3n) is 1.94. The second kappa shape index (κ2) is 4.45. The van der Waals surface area contributed by atoms with Crippen molar-refractivity contribution in [2.24, 2.45) is 0 Å². The van der Waals surface area contributed by atoms with Gasteiger partial charge in [0.25, 0.3) is 0 Å². The lowest BCUT2D eigenvalue weighted by atomic mass is 10.3. The van der Waals surface area contributed by atoms with Crippen molar-refractivity contribution in [2.75, 3.05) is 12.3 Å². The first kappa shape index (κ1) is 9.51. The van der Waals surface area contributed by atoms with Crippen LogP contribution >= 0.6 is 0 Å². The van der Waals surface area contributed by atoms with E-state index in [9.17, 15) is 0 Å². The van der Waals surface area contributed by atoms with Gasteiger partial charge in [-0.1, -0.05) is 0 Å². The van der Waals surface area contributed by atoms with Gasteiger partial charge in [-0.25, -0.2) is 9.67 Å². The summed E-state index contributed by atoms with van der Waals surface area (Å²) in [7, 11) is 0. The third-order valence-corrected chi connectivity index (χ3v) is 1.94. The van der Waals surface area contributed by atoms with Crippen molar-refractivity contribution < 1.29 is 4.74 Å². The zero-order chi connectivity index (χ0) is 10.5. The van der Waals surface area contributed by atoms with E-state index in [1.165, 1.54) is 6.33 Å². The maximum absolute atomic E-state index is 5.55. The summed E-state index contributed by atoms with van der Waals surface area (Å²) >= 11 is 0. The zero-order valence-electron chi connectivity index (χ0n) is 8.21. The lowest BCUT2D eigenvalue weighted by molar-refractivity contribution is 0.291. The summed E-state index contributed by atoms with van der Waals surface area (Å²) < 4.78 is 7.21. The second-order valence-electron chi connectivity index (χ2n) is 3.08. The summed E-state index contributed by atoms with van der Waals surface area (Å²) in [5.41, 5.74) is 6.29. The Kier molecular flexibility index (Phi) is 2.82. The minimum atomic E-state index is 0.563. The molecule has 0 bridgehead atoms. The Morgan fingerprint density at radius 1 is 1.27 bits per heavy atom. The van der Waals surface area contributed by atoms with E-state index in [0.717, 1.165) is 11.4 Å². The highest BCUT2D eigenvalue weighted by Gasteiger charge is 1.94. The Morgan fingerprint density at radius 3 is 2.73 bits per heavy atom. The Hall–Kier alpha value is -2.04. The number of nitrogens with two attached hydrogens (primary N) is 1. The maximum Gasteiger partial charge on any atom is 0.137 e. The molecule has 0 radical (unpaired) electrons. The molecule has 15 heavy (non-hydrogen) atoms. The Morgan fingerprint density at radius 2 is 2.07 bits per heavy atom. The van der Waals surface area contributed by atoms with Crippen LogP contribution in [-0.4, -0.2) is 21.4 Å². The highest BCUT2D eigenvalue weighted by molar-refractivity contribution is 5.41. The molecule has 0 spiro atoms. The molecule has 0 unspecified atom stereocenters. The molecule has 0 fully saturated rings. The van der Waals surface area contributed by atoms with Gasteiger partial charge in [0, 0.05) is 5.69 Å². The van der Waals surface area contributed by atoms with Crippen molar-refractivity contribution in [3.05, 3.63) is 36.9 Å². The molecule has 2 N–H and O–H groups in total. The fourth-order valence-electron chi connectivity index (χ4n) is 1.17. The number of hydrogen-bond acceptors (Lipinski definition) is 4. The van der Waals surface area contributed by atoms with Crippen molar-refractivity contribution in [1.82, 2.24) is 14.8 Å². The molecule has 1 aromatic heterocycles. The highest BCUT2D eigenvalue weighted by atomic mass is 16.5. The summed E-state index contributed by atoms with van der Waals surface area (Å²) in [5.74, 6) is 0.810. The second-order valence-corrected chi connectivity index (χ2v) is 3.08. The smallest absolute Gasteiger partial charge is 0.137 e. The highest BCUT2D eigenvalue weighted by Crippen LogP contribution is 2.12. The first-order valence-electron chi connectivity index (χ1n) is 4.65. The van der Waals surface area contributed by atoms with Crippen LogP contribution in [0.1, 0.15) is 0 Å².